The van der Waals surface area contributed by atoms with Crippen LogP contribution in [0.1, 0.15) is 36.4 Å². The molecule has 1 saturated heterocycles. The van der Waals surface area contributed by atoms with Crippen LogP contribution in [0.15, 0.2) is 112 Å². The number of rotatable bonds is 7. The molecular weight excluding hydrogens is 620 g/mol. The third-order valence-corrected chi connectivity index (χ3v) is 9.83. The number of anilines is 1. The van der Waals surface area contributed by atoms with Gasteiger partial charge in [0, 0.05) is 11.3 Å². The summed E-state index contributed by atoms with van der Waals surface area (Å²) in [6, 6.07) is 26.3. The normalized spacial score (nSPS) is 23.7. The fourth-order valence-corrected chi connectivity index (χ4v) is 7.45. The summed E-state index contributed by atoms with van der Waals surface area (Å²) in [6.07, 6.45) is 4.78. The molecule has 0 unspecified atom stereocenters. The number of imide groups is 1. The molecule has 11 heteroatoms. The molecule has 3 heterocycles. The molecule has 8 rings (SSSR count). The first-order chi connectivity index (χ1) is 23.9. The molecule has 0 spiro atoms. The van der Waals surface area contributed by atoms with E-state index in [1.807, 2.05) is 84.9 Å². The molecule has 1 aliphatic carbocycles. The molecule has 0 aromatic heterocycles. The summed E-state index contributed by atoms with van der Waals surface area (Å²) >= 11 is 0. The molecule has 0 bridgehead atoms. The molecule has 0 N–H and O–H groups in total. The van der Waals surface area contributed by atoms with Crippen molar-refractivity contribution in [3.05, 3.63) is 108 Å². The van der Waals surface area contributed by atoms with E-state index in [1.54, 1.807) is 25.3 Å². The van der Waals surface area contributed by atoms with Gasteiger partial charge in [0.25, 0.3) is 17.7 Å². The first kappa shape index (κ1) is 30.5. The van der Waals surface area contributed by atoms with Gasteiger partial charge in [0.05, 0.1) is 31.7 Å². The van der Waals surface area contributed by atoms with Crippen LogP contribution in [0.2, 0.25) is 0 Å². The van der Waals surface area contributed by atoms with Crippen LogP contribution in [0.5, 0.6) is 11.5 Å². The predicted molar refractivity (Wildman–Crippen MR) is 184 cm³/mol. The van der Waals surface area contributed by atoms with Crippen molar-refractivity contribution in [2.24, 2.45) is 21.4 Å². The third kappa shape index (κ3) is 5.22. The summed E-state index contributed by atoms with van der Waals surface area (Å²) in [5.41, 5.74) is 4.41. The van der Waals surface area contributed by atoms with Crippen molar-refractivity contribution in [3.63, 3.8) is 0 Å². The minimum atomic E-state index is -1.02. The SMILES string of the molecule is COc1ccc(/C=C2/CCC[C@@H]3C2=NN(C(=O)CN2N=N[C@@H]4C(=O)N(c5cccc6ccccc56)C(=O)[C@@H]42)[C@H]3c2ccc(OC)cc2)cc1. The summed E-state index contributed by atoms with van der Waals surface area (Å²) in [6.45, 7) is -0.263. The van der Waals surface area contributed by atoms with E-state index in [2.05, 4.69) is 16.4 Å². The number of hydrazone groups is 1. The molecule has 3 amide bonds. The number of benzene rings is 4. The Morgan fingerprint density at radius 1 is 0.857 bits per heavy atom. The van der Waals surface area contributed by atoms with E-state index in [-0.39, 0.29) is 24.4 Å². The van der Waals surface area contributed by atoms with Gasteiger partial charge in [-0.25, -0.2) is 9.91 Å². The molecule has 0 radical (unpaired) electrons. The summed E-state index contributed by atoms with van der Waals surface area (Å²) in [5.74, 6) is 0.217. The van der Waals surface area contributed by atoms with Gasteiger partial charge >= 0.3 is 0 Å². The predicted octanol–water partition coefficient (Wildman–Crippen LogP) is 5.97. The van der Waals surface area contributed by atoms with E-state index in [1.165, 1.54) is 9.91 Å². The second-order valence-corrected chi connectivity index (χ2v) is 12.6. The van der Waals surface area contributed by atoms with E-state index < -0.39 is 23.9 Å². The molecule has 4 aliphatic rings. The van der Waals surface area contributed by atoms with E-state index in [9.17, 15) is 14.4 Å². The number of hydrogen-bond donors (Lipinski definition) is 0. The Morgan fingerprint density at radius 3 is 2.33 bits per heavy atom. The maximum absolute atomic E-state index is 14.3. The van der Waals surface area contributed by atoms with Gasteiger partial charge in [-0.1, -0.05) is 65.9 Å². The minimum Gasteiger partial charge on any atom is -0.497 e. The molecule has 1 saturated carbocycles. The van der Waals surface area contributed by atoms with E-state index in [0.717, 1.165) is 58.2 Å². The molecule has 2 fully saturated rings. The van der Waals surface area contributed by atoms with Gasteiger partial charge < -0.3 is 9.47 Å². The van der Waals surface area contributed by atoms with Gasteiger partial charge in [0.1, 0.15) is 18.0 Å². The number of fused-ring (bicyclic) bond motifs is 3. The van der Waals surface area contributed by atoms with Crippen molar-refractivity contribution in [1.82, 2.24) is 10.0 Å². The number of nitrogens with zero attached hydrogens (tertiary/aromatic N) is 6. The number of allylic oxidation sites excluding steroid dienone is 1. The van der Waals surface area contributed by atoms with Gasteiger partial charge in [-0.15, -0.1) is 0 Å². The van der Waals surface area contributed by atoms with Crippen LogP contribution >= 0.6 is 0 Å². The first-order valence-electron chi connectivity index (χ1n) is 16.4. The average Bonchev–Trinajstić information content (AvgIpc) is 3.81. The molecule has 3 aliphatic heterocycles. The van der Waals surface area contributed by atoms with E-state index in [4.69, 9.17) is 14.6 Å². The smallest absolute Gasteiger partial charge is 0.264 e. The maximum atomic E-state index is 14.3. The van der Waals surface area contributed by atoms with Gasteiger partial charge in [-0.3, -0.25) is 19.4 Å². The van der Waals surface area contributed by atoms with Crippen molar-refractivity contribution < 1.29 is 23.9 Å². The molecule has 4 aromatic rings. The Hall–Kier alpha value is -5.84. The highest BCUT2D eigenvalue weighted by Gasteiger charge is 2.56. The molecule has 49 heavy (non-hydrogen) atoms. The quantitative estimate of drug-likeness (QED) is 0.227. The fourth-order valence-electron chi connectivity index (χ4n) is 7.45. The summed E-state index contributed by atoms with van der Waals surface area (Å²) < 4.78 is 10.7. The average molecular weight is 655 g/mol. The Morgan fingerprint density at radius 2 is 1.57 bits per heavy atom. The Bertz CT molecular complexity index is 2050. The lowest BCUT2D eigenvalue weighted by molar-refractivity contribution is -0.136. The molecule has 11 nitrogen and oxygen atoms in total. The lowest BCUT2D eigenvalue weighted by Gasteiger charge is -2.30. The highest BCUT2D eigenvalue weighted by molar-refractivity contribution is 6.27. The molecule has 4 atom stereocenters. The fraction of sp³-hybridized carbons (Fsp3) is 0.263. The minimum absolute atomic E-state index is 0.0277. The van der Waals surface area contributed by atoms with Gasteiger partial charge in [0.2, 0.25) is 0 Å². The molecule has 246 valence electrons. The zero-order valence-electron chi connectivity index (χ0n) is 27.1. The molecule has 4 aromatic carbocycles. The second kappa shape index (κ2) is 12.3. The van der Waals surface area contributed by atoms with Crippen LogP contribution in [0.4, 0.5) is 5.69 Å². The zero-order valence-corrected chi connectivity index (χ0v) is 27.1. The molecular formula is C38H34N6O5. The summed E-state index contributed by atoms with van der Waals surface area (Å²) in [7, 11) is 3.26. The van der Waals surface area contributed by atoms with E-state index >= 15 is 0 Å². The first-order valence-corrected chi connectivity index (χ1v) is 16.4. The highest BCUT2D eigenvalue weighted by Crippen LogP contribution is 2.45. The second-order valence-electron chi connectivity index (χ2n) is 12.6. The number of ether oxygens (including phenoxy) is 2. The lowest BCUT2D eigenvalue weighted by Crippen LogP contribution is -2.45. The Labute approximate surface area is 283 Å². The van der Waals surface area contributed by atoms with Crippen LogP contribution in [-0.2, 0) is 14.4 Å². The maximum Gasteiger partial charge on any atom is 0.264 e. The number of hydrogen-bond acceptors (Lipinski definition) is 9. The number of carbonyl (C=O) groups excluding carboxylic acids is 3. The van der Waals surface area contributed by atoms with Crippen LogP contribution in [0, 0.1) is 5.92 Å². The Kier molecular flexibility index (Phi) is 7.66. The Balaban J connectivity index is 1.10. The van der Waals surface area contributed by atoms with Crippen molar-refractivity contribution in [2.75, 3.05) is 25.7 Å². The number of amides is 3. The lowest BCUT2D eigenvalue weighted by atomic mass is 9.77. The van der Waals surface area contributed by atoms with Crippen LogP contribution < -0.4 is 14.4 Å². The van der Waals surface area contributed by atoms with Crippen molar-refractivity contribution in [3.8, 4) is 11.5 Å². The standard InChI is InChI=1S/C38H34N6O5/c1-48-27-17-13-23(14-18-27)21-26-9-5-11-30-33(26)40-44(35(30)25-15-19-28(49-2)20-16-25)32(45)22-42-36-34(39-41-42)37(46)43(38(36)47)31-12-6-8-24-7-3-4-10-29(24)31/h3-4,6-8,10,12-21,30,34-36H,5,9,11,22H2,1-2H3/b26-21-/t30-,34+,35+,36-/m1/s1. The van der Waals surface area contributed by atoms with E-state index in [0.29, 0.717) is 11.4 Å². The van der Waals surface area contributed by atoms with Gasteiger partial charge in [0.15, 0.2) is 12.1 Å². The summed E-state index contributed by atoms with van der Waals surface area (Å²) in [5, 5.41) is 17.9. The monoisotopic (exact) mass is 654 g/mol. The topological polar surface area (TPSA) is 116 Å². The third-order valence-electron chi connectivity index (χ3n) is 9.83. The van der Waals surface area contributed by atoms with Crippen LogP contribution in [-0.4, -0.2) is 66.3 Å². The summed E-state index contributed by atoms with van der Waals surface area (Å²) in [4.78, 5) is 43.0. The highest BCUT2D eigenvalue weighted by atomic mass is 16.5. The zero-order chi connectivity index (χ0) is 33.6. The van der Waals surface area contributed by atoms with Gasteiger partial charge in [-0.05, 0) is 77.8 Å². The van der Waals surface area contributed by atoms with Crippen molar-refractivity contribution >= 4 is 46.0 Å². The largest absolute Gasteiger partial charge is 0.497 e. The van der Waals surface area contributed by atoms with Crippen molar-refractivity contribution in [1.29, 1.82) is 0 Å². The van der Waals surface area contributed by atoms with Crippen molar-refractivity contribution in [2.45, 2.75) is 37.4 Å². The van der Waals surface area contributed by atoms with Gasteiger partial charge in [-0.2, -0.15) is 10.2 Å². The number of carbonyl (C=O) groups is 3. The number of methoxy groups -OCH3 is 2. The van der Waals surface area contributed by atoms with Crippen LogP contribution in [0.25, 0.3) is 16.8 Å². The van der Waals surface area contributed by atoms with Crippen LogP contribution in [0.3, 0.4) is 0 Å².